The van der Waals surface area contributed by atoms with Crippen molar-refractivity contribution in [3.05, 3.63) is 24.0 Å². The standard InChI is InChI=1S/C8H12N2O2/c1-12-6-5-10-8(11)7-3-2-4-9-7/h2-4,9H,5-6H2,1H3,(H,10,11). The van der Waals surface area contributed by atoms with Crippen LogP contribution in [0.4, 0.5) is 0 Å². The fourth-order valence-corrected chi connectivity index (χ4v) is 0.833. The van der Waals surface area contributed by atoms with E-state index < -0.39 is 0 Å². The molecule has 1 heterocycles. The number of amides is 1. The van der Waals surface area contributed by atoms with Crippen molar-refractivity contribution in [1.82, 2.24) is 10.3 Å². The molecule has 0 aliphatic heterocycles. The van der Waals surface area contributed by atoms with Gasteiger partial charge in [0.05, 0.1) is 6.61 Å². The number of H-pyrrole nitrogens is 1. The van der Waals surface area contributed by atoms with E-state index in [4.69, 9.17) is 4.74 Å². The lowest BCUT2D eigenvalue weighted by molar-refractivity contribution is 0.0933. The summed E-state index contributed by atoms with van der Waals surface area (Å²) in [5.41, 5.74) is 0.575. The van der Waals surface area contributed by atoms with Gasteiger partial charge in [-0.05, 0) is 12.1 Å². The number of hydrogen-bond donors (Lipinski definition) is 2. The summed E-state index contributed by atoms with van der Waals surface area (Å²) in [5, 5.41) is 2.69. The molecule has 1 amide bonds. The molecule has 1 aromatic heterocycles. The van der Waals surface area contributed by atoms with Gasteiger partial charge in [-0.25, -0.2) is 0 Å². The SMILES string of the molecule is COCCNC(=O)c1ccc[nH]1. The predicted molar refractivity (Wildman–Crippen MR) is 45.0 cm³/mol. The fourth-order valence-electron chi connectivity index (χ4n) is 0.833. The van der Waals surface area contributed by atoms with Crippen molar-refractivity contribution in [2.75, 3.05) is 20.3 Å². The van der Waals surface area contributed by atoms with Crippen molar-refractivity contribution in [2.45, 2.75) is 0 Å². The minimum atomic E-state index is -0.1000. The van der Waals surface area contributed by atoms with E-state index in [0.29, 0.717) is 18.8 Å². The van der Waals surface area contributed by atoms with Gasteiger partial charge in [0.1, 0.15) is 5.69 Å². The quantitative estimate of drug-likeness (QED) is 0.639. The second-order valence-corrected chi connectivity index (χ2v) is 2.33. The van der Waals surface area contributed by atoms with Crippen molar-refractivity contribution >= 4 is 5.91 Å². The Hall–Kier alpha value is -1.29. The Balaban J connectivity index is 2.30. The minimum Gasteiger partial charge on any atom is -0.383 e. The first-order valence-corrected chi connectivity index (χ1v) is 3.75. The number of aromatic nitrogens is 1. The lowest BCUT2D eigenvalue weighted by Crippen LogP contribution is -2.27. The average molecular weight is 168 g/mol. The molecule has 0 aliphatic carbocycles. The molecule has 0 saturated heterocycles. The number of nitrogens with one attached hydrogen (secondary N) is 2. The predicted octanol–water partition coefficient (Wildman–Crippen LogP) is 0.391. The third-order valence-corrected chi connectivity index (χ3v) is 1.43. The number of ether oxygens (including phenoxy) is 1. The summed E-state index contributed by atoms with van der Waals surface area (Å²) < 4.78 is 4.78. The molecule has 0 fully saturated rings. The number of carbonyl (C=O) groups excluding carboxylic acids is 1. The smallest absolute Gasteiger partial charge is 0.267 e. The molecule has 0 atom stereocenters. The van der Waals surface area contributed by atoms with Crippen LogP contribution in [0.15, 0.2) is 18.3 Å². The zero-order chi connectivity index (χ0) is 8.81. The molecule has 66 valence electrons. The van der Waals surface area contributed by atoms with E-state index in [1.54, 1.807) is 25.4 Å². The Labute approximate surface area is 70.9 Å². The first-order chi connectivity index (χ1) is 5.84. The molecule has 0 spiro atoms. The Bertz CT molecular complexity index is 231. The zero-order valence-corrected chi connectivity index (χ0v) is 6.96. The molecule has 0 unspecified atom stereocenters. The van der Waals surface area contributed by atoms with Gasteiger partial charge < -0.3 is 15.0 Å². The van der Waals surface area contributed by atoms with Crippen LogP contribution in [0, 0.1) is 0 Å². The Morgan fingerprint density at radius 2 is 2.58 bits per heavy atom. The first kappa shape index (κ1) is 8.80. The van der Waals surface area contributed by atoms with Crippen LogP contribution in [-0.2, 0) is 4.74 Å². The van der Waals surface area contributed by atoms with Crippen LogP contribution in [0.3, 0.4) is 0 Å². The van der Waals surface area contributed by atoms with Crippen LogP contribution in [0.1, 0.15) is 10.5 Å². The third-order valence-electron chi connectivity index (χ3n) is 1.43. The normalized spacial score (nSPS) is 9.75. The molecular formula is C8H12N2O2. The molecule has 4 heteroatoms. The van der Waals surface area contributed by atoms with Gasteiger partial charge >= 0.3 is 0 Å². The van der Waals surface area contributed by atoms with Crippen molar-refractivity contribution in [3.63, 3.8) is 0 Å². The summed E-state index contributed by atoms with van der Waals surface area (Å²) in [6.45, 7) is 1.07. The summed E-state index contributed by atoms with van der Waals surface area (Å²) in [5.74, 6) is -0.1000. The molecule has 2 N–H and O–H groups in total. The topological polar surface area (TPSA) is 54.1 Å². The number of rotatable bonds is 4. The molecule has 0 bridgehead atoms. The Kier molecular flexibility index (Phi) is 3.35. The number of hydrogen-bond acceptors (Lipinski definition) is 2. The number of carbonyl (C=O) groups is 1. The van der Waals surface area contributed by atoms with E-state index in [2.05, 4.69) is 10.3 Å². The molecule has 0 saturated carbocycles. The maximum atomic E-state index is 11.2. The van der Waals surface area contributed by atoms with Gasteiger partial charge in [0, 0.05) is 19.9 Å². The van der Waals surface area contributed by atoms with Crippen LogP contribution in [0.25, 0.3) is 0 Å². The van der Waals surface area contributed by atoms with E-state index in [0.717, 1.165) is 0 Å². The van der Waals surface area contributed by atoms with Gasteiger partial charge in [0.15, 0.2) is 0 Å². The summed E-state index contributed by atoms with van der Waals surface area (Å²) in [4.78, 5) is 14.0. The average Bonchev–Trinajstić information content (AvgIpc) is 2.56. The minimum absolute atomic E-state index is 0.1000. The fraction of sp³-hybridized carbons (Fsp3) is 0.375. The van der Waals surface area contributed by atoms with E-state index in [9.17, 15) is 4.79 Å². The lowest BCUT2D eigenvalue weighted by atomic mass is 10.4. The maximum absolute atomic E-state index is 11.2. The van der Waals surface area contributed by atoms with Gasteiger partial charge in [0.25, 0.3) is 5.91 Å². The third kappa shape index (κ3) is 2.39. The largest absolute Gasteiger partial charge is 0.383 e. The van der Waals surface area contributed by atoms with Crippen molar-refractivity contribution in [1.29, 1.82) is 0 Å². The van der Waals surface area contributed by atoms with Crippen LogP contribution in [0.5, 0.6) is 0 Å². The molecular weight excluding hydrogens is 156 g/mol. The van der Waals surface area contributed by atoms with Crippen molar-refractivity contribution in [3.8, 4) is 0 Å². The summed E-state index contributed by atoms with van der Waals surface area (Å²) >= 11 is 0. The van der Waals surface area contributed by atoms with Crippen LogP contribution in [0.2, 0.25) is 0 Å². The molecule has 1 aromatic rings. The van der Waals surface area contributed by atoms with Crippen LogP contribution < -0.4 is 5.32 Å². The second-order valence-electron chi connectivity index (χ2n) is 2.33. The van der Waals surface area contributed by atoms with Gasteiger partial charge in [-0.2, -0.15) is 0 Å². The highest BCUT2D eigenvalue weighted by Crippen LogP contribution is 1.92. The molecule has 0 radical (unpaired) electrons. The summed E-state index contributed by atoms with van der Waals surface area (Å²) in [7, 11) is 1.60. The second kappa shape index (κ2) is 4.56. The lowest BCUT2D eigenvalue weighted by Gasteiger charge is -2.01. The van der Waals surface area contributed by atoms with E-state index in [-0.39, 0.29) is 5.91 Å². The van der Waals surface area contributed by atoms with E-state index >= 15 is 0 Å². The van der Waals surface area contributed by atoms with Gasteiger partial charge in [-0.3, -0.25) is 4.79 Å². The van der Waals surface area contributed by atoms with Crippen LogP contribution in [-0.4, -0.2) is 31.2 Å². The molecule has 4 nitrogen and oxygen atoms in total. The monoisotopic (exact) mass is 168 g/mol. The number of aromatic amines is 1. The van der Waals surface area contributed by atoms with Crippen molar-refractivity contribution in [2.24, 2.45) is 0 Å². The van der Waals surface area contributed by atoms with Gasteiger partial charge in [0.2, 0.25) is 0 Å². The summed E-state index contributed by atoms with van der Waals surface area (Å²) in [6, 6.07) is 3.51. The number of methoxy groups -OCH3 is 1. The molecule has 12 heavy (non-hydrogen) atoms. The zero-order valence-electron chi connectivity index (χ0n) is 6.96. The highest BCUT2D eigenvalue weighted by Gasteiger charge is 2.02. The Morgan fingerprint density at radius 3 is 3.17 bits per heavy atom. The maximum Gasteiger partial charge on any atom is 0.267 e. The summed E-state index contributed by atoms with van der Waals surface area (Å²) in [6.07, 6.45) is 1.71. The van der Waals surface area contributed by atoms with Crippen molar-refractivity contribution < 1.29 is 9.53 Å². The molecule has 1 rings (SSSR count). The first-order valence-electron chi connectivity index (χ1n) is 3.75. The highest BCUT2D eigenvalue weighted by atomic mass is 16.5. The highest BCUT2D eigenvalue weighted by molar-refractivity contribution is 5.92. The van der Waals surface area contributed by atoms with E-state index in [1.165, 1.54) is 0 Å². The van der Waals surface area contributed by atoms with Gasteiger partial charge in [-0.15, -0.1) is 0 Å². The van der Waals surface area contributed by atoms with Gasteiger partial charge in [-0.1, -0.05) is 0 Å². The molecule has 0 aromatic carbocycles. The Morgan fingerprint density at radius 1 is 1.75 bits per heavy atom. The van der Waals surface area contributed by atoms with Crippen LogP contribution >= 0.6 is 0 Å². The molecule has 0 aliphatic rings. The van der Waals surface area contributed by atoms with E-state index in [1.807, 2.05) is 0 Å².